The number of amides is 1. The minimum Gasteiger partial charge on any atom is -0.459 e. The van der Waals surface area contributed by atoms with E-state index in [4.69, 9.17) is 9.47 Å². The maximum Gasteiger partial charge on any atom is 0.416 e. The van der Waals surface area contributed by atoms with Crippen molar-refractivity contribution in [2.75, 3.05) is 11.4 Å². The fraction of sp³-hybridized carbons (Fsp3) is 0.441. The van der Waals surface area contributed by atoms with Gasteiger partial charge in [0.1, 0.15) is 29.4 Å². The number of carbonyl (C=O) groups is 2. The summed E-state index contributed by atoms with van der Waals surface area (Å²) in [6.07, 6.45) is -0.638. The maximum atomic E-state index is 14.0. The molecule has 0 bridgehead atoms. The second kappa shape index (κ2) is 13.7. The van der Waals surface area contributed by atoms with E-state index in [2.05, 4.69) is 30.5 Å². The van der Waals surface area contributed by atoms with E-state index in [1.807, 2.05) is 24.3 Å². The summed E-state index contributed by atoms with van der Waals surface area (Å²) in [7, 11) is -4.20. The number of nitrogens with one attached hydrogen (secondary N) is 1. The number of rotatable bonds is 9. The zero-order valence-electron chi connectivity index (χ0n) is 27.5. The van der Waals surface area contributed by atoms with E-state index < -0.39 is 51.7 Å². The molecule has 11 heteroatoms. The molecular weight excluding hydrogens is 597 g/mol. The van der Waals surface area contributed by atoms with Crippen molar-refractivity contribution in [2.45, 2.75) is 96.3 Å². The molecule has 1 amide bonds. The van der Waals surface area contributed by atoms with Crippen molar-refractivity contribution < 1.29 is 31.9 Å². The largest absolute Gasteiger partial charge is 0.459 e. The van der Waals surface area contributed by atoms with Crippen LogP contribution in [0.25, 0.3) is 0 Å². The average Bonchev–Trinajstić information content (AvgIpc) is 2.89. The van der Waals surface area contributed by atoms with E-state index >= 15 is 0 Å². The Morgan fingerprint density at radius 3 is 2.02 bits per heavy atom. The molecule has 0 saturated heterocycles. The first kappa shape index (κ1) is 35.6. The highest BCUT2D eigenvalue weighted by Gasteiger charge is 2.30. The van der Waals surface area contributed by atoms with Crippen molar-refractivity contribution in [1.82, 2.24) is 9.71 Å². The van der Waals surface area contributed by atoms with Crippen LogP contribution in [-0.4, -0.2) is 43.2 Å². The summed E-state index contributed by atoms with van der Waals surface area (Å²) in [5, 5.41) is 0. The molecule has 1 heterocycles. The molecule has 9 nitrogen and oxygen atoms in total. The summed E-state index contributed by atoms with van der Waals surface area (Å²) < 4.78 is 54.6. The number of sulfonamides is 1. The monoisotopic (exact) mass is 641 g/mol. The zero-order valence-corrected chi connectivity index (χ0v) is 28.3. The smallest absolute Gasteiger partial charge is 0.416 e. The molecule has 0 aliphatic rings. The lowest BCUT2D eigenvalue weighted by Crippen LogP contribution is -2.42. The maximum absolute atomic E-state index is 14.0. The molecule has 1 unspecified atom stereocenters. The molecule has 1 atom stereocenters. The molecule has 3 rings (SSSR count). The zero-order chi connectivity index (χ0) is 33.8. The molecule has 45 heavy (non-hydrogen) atoms. The van der Waals surface area contributed by atoms with Crippen molar-refractivity contribution in [1.29, 1.82) is 0 Å². The van der Waals surface area contributed by atoms with Crippen LogP contribution in [0.2, 0.25) is 0 Å². The number of esters is 1. The highest BCUT2D eigenvalue weighted by atomic mass is 32.2. The van der Waals surface area contributed by atoms with Gasteiger partial charge >= 0.3 is 12.1 Å². The van der Waals surface area contributed by atoms with Gasteiger partial charge in [0.05, 0.1) is 16.6 Å². The van der Waals surface area contributed by atoms with Gasteiger partial charge in [-0.05, 0) is 94.8 Å². The van der Waals surface area contributed by atoms with Crippen LogP contribution in [0.3, 0.4) is 0 Å². The number of hydrogen-bond acceptors (Lipinski definition) is 7. The van der Waals surface area contributed by atoms with Crippen molar-refractivity contribution in [3.05, 3.63) is 89.4 Å². The molecule has 0 fully saturated rings. The number of aromatic nitrogens is 1. The van der Waals surface area contributed by atoms with E-state index in [1.54, 1.807) is 53.7 Å². The number of hydrogen-bond donors (Lipinski definition) is 1. The SMILES string of the molecule is CC(C)(C)OC(=O)CN(C(=O)OC(C)(C)C)c1cccc(C(Cc2ccc(C(C)(C)C)cc2)NS(=O)(=O)c2cccc(F)c2)n1. The van der Waals surface area contributed by atoms with Crippen molar-refractivity contribution in [3.63, 3.8) is 0 Å². The van der Waals surface area contributed by atoms with Crippen molar-refractivity contribution in [2.24, 2.45) is 0 Å². The van der Waals surface area contributed by atoms with Gasteiger partial charge in [-0.3, -0.25) is 9.69 Å². The molecule has 0 aliphatic carbocycles. The number of anilines is 1. The highest BCUT2D eigenvalue weighted by molar-refractivity contribution is 7.89. The predicted molar refractivity (Wildman–Crippen MR) is 172 cm³/mol. The number of ether oxygens (including phenoxy) is 2. The predicted octanol–water partition coefficient (Wildman–Crippen LogP) is 6.86. The van der Waals surface area contributed by atoms with Crippen LogP contribution in [0.1, 0.15) is 85.2 Å². The van der Waals surface area contributed by atoms with E-state index in [0.29, 0.717) is 0 Å². The third-order valence-corrected chi connectivity index (χ3v) is 7.84. The fourth-order valence-electron chi connectivity index (χ4n) is 4.32. The lowest BCUT2D eigenvalue weighted by Gasteiger charge is -2.28. The Kier molecular flexibility index (Phi) is 10.8. The Hall–Kier alpha value is -3.83. The molecular formula is C34H44FN3O6S. The van der Waals surface area contributed by atoms with E-state index in [1.165, 1.54) is 18.2 Å². The second-order valence-corrected chi connectivity index (χ2v) is 15.6. The molecule has 0 spiro atoms. The van der Waals surface area contributed by atoms with Gasteiger partial charge in [0, 0.05) is 0 Å². The van der Waals surface area contributed by atoms with Gasteiger partial charge in [0.2, 0.25) is 10.0 Å². The third-order valence-electron chi connectivity index (χ3n) is 6.37. The summed E-state index contributed by atoms with van der Waals surface area (Å²) in [6.45, 7) is 16.0. The number of carbonyl (C=O) groups excluding carboxylic acids is 2. The standard InChI is InChI=1S/C34H44FN3O6S/c1-32(2,3)24-18-16-23(17-19-24)20-28(37-45(41,42)26-13-10-12-25(35)21-26)27-14-11-15-29(36-27)38(31(40)44-34(7,8)9)22-30(39)43-33(4,5)6/h10-19,21,28,37H,20,22H2,1-9H3. The molecule has 3 aromatic rings. The van der Waals surface area contributed by atoms with Gasteiger partial charge < -0.3 is 9.47 Å². The van der Waals surface area contributed by atoms with Gasteiger partial charge in [0.15, 0.2) is 0 Å². The Morgan fingerprint density at radius 2 is 1.47 bits per heavy atom. The van der Waals surface area contributed by atoms with Gasteiger partial charge in [-0.1, -0.05) is 57.2 Å². The lowest BCUT2D eigenvalue weighted by atomic mass is 9.86. The lowest BCUT2D eigenvalue weighted by molar-refractivity contribution is -0.153. The van der Waals surface area contributed by atoms with Gasteiger partial charge in [-0.25, -0.2) is 27.3 Å². The molecule has 0 saturated carbocycles. The van der Waals surface area contributed by atoms with Crippen LogP contribution in [0, 0.1) is 5.82 Å². The Labute approximate surface area is 266 Å². The molecule has 0 radical (unpaired) electrons. The van der Waals surface area contributed by atoms with Crippen molar-refractivity contribution >= 4 is 27.9 Å². The first-order valence-corrected chi connectivity index (χ1v) is 16.2. The first-order valence-electron chi connectivity index (χ1n) is 14.7. The molecule has 1 aromatic heterocycles. The van der Waals surface area contributed by atoms with E-state index in [-0.39, 0.29) is 28.2 Å². The molecule has 1 N–H and O–H groups in total. The number of pyridine rings is 1. The molecule has 2 aromatic carbocycles. The Morgan fingerprint density at radius 1 is 0.867 bits per heavy atom. The van der Waals surface area contributed by atoms with Crippen LogP contribution in [0.5, 0.6) is 0 Å². The third kappa shape index (κ3) is 10.9. The summed E-state index contributed by atoms with van der Waals surface area (Å²) in [6, 6.07) is 16.4. The van der Waals surface area contributed by atoms with Crippen LogP contribution in [0.4, 0.5) is 15.0 Å². The van der Waals surface area contributed by atoms with Crippen molar-refractivity contribution in [3.8, 4) is 0 Å². The van der Waals surface area contributed by atoms with Crippen LogP contribution in [-0.2, 0) is 36.1 Å². The summed E-state index contributed by atoms with van der Waals surface area (Å²) in [5.74, 6) is -1.31. The van der Waals surface area contributed by atoms with E-state index in [9.17, 15) is 22.4 Å². The minimum atomic E-state index is -4.20. The summed E-state index contributed by atoms with van der Waals surface area (Å²) in [5.41, 5.74) is 0.452. The Balaban J connectivity index is 2.07. The highest BCUT2D eigenvalue weighted by Crippen LogP contribution is 2.27. The fourth-order valence-corrected chi connectivity index (χ4v) is 5.56. The quantitative estimate of drug-likeness (QED) is 0.254. The van der Waals surface area contributed by atoms with Gasteiger partial charge in [0.25, 0.3) is 0 Å². The van der Waals surface area contributed by atoms with E-state index in [0.717, 1.165) is 28.2 Å². The topological polar surface area (TPSA) is 115 Å². The van der Waals surface area contributed by atoms with Crippen LogP contribution >= 0.6 is 0 Å². The van der Waals surface area contributed by atoms with Gasteiger partial charge in [-0.15, -0.1) is 0 Å². The van der Waals surface area contributed by atoms with Crippen LogP contribution < -0.4 is 9.62 Å². The first-order chi connectivity index (χ1) is 20.6. The Bertz CT molecular complexity index is 1600. The number of nitrogens with zero attached hydrogens (tertiary/aromatic N) is 2. The minimum absolute atomic E-state index is 0.0608. The van der Waals surface area contributed by atoms with Gasteiger partial charge in [-0.2, -0.15) is 0 Å². The van der Waals surface area contributed by atoms with Crippen LogP contribution in [0.15, 0.2) is 71.6 Å². The summed E-state index contributed by atoms with van der Waals surface area (Å²) in [4.78, 5) is 31.6. The average molecular weight is 642 g/mol. The number of halogens is 1. The molecule has 0 aliphatic heterocycles. The summed E-state index contributed by atoms with van der Waals surface area (Å²) >= 11 is 0. The number of benzene rings is 2. The normalized spacial score (nSPS) is 13.2. The molecule has 244 valence electrons. The second-order valence-electron chi connectivity index (χ2n) is 13.9.